The standard InChI is InChI=1S/C18H14F2N6/c1-10-21-15-16(22-10)26-18(24-14-9-5-3-7-12(14)20)17(25-15)23-13-8-4-2-6-11(13)19/h2-9H,1H3,(H3,21,22,23,24,25,26). The van der Waals surface area contributed by atoms with Crippen LogP contribution in [0.3, 0.4) is 0 Å². The van der Waals surface area contributed by atoms with Gasteiger partial charge in [0.05, 0.1) is 11.4 Å². The van der Waals surface area contributed by atoms with E-state index >= 15 is 0 Å². The van der Waals surface area contributed by atoms with E-state index in [1.807, 2.05) is 0 Å². The van der Waals surface area contributed by atoms with Gasteiger partial charge in [-0.05, 0) is 31.2 Å². The van der Waals surface area contributed by atoms with Crippen LogP contribution in [0.5, 0.6) is 0 Å². The Hall–Kier alpha value is -3.55. The van der Waals surface area contributed by atoms with Crippen LogP contribution in [0.15, 0.2) is 48.5 Å². The van der Waals surface area contributed by atoms with Crippen LogP contribution in [-0.2, 0) is 0 Å². The number of imidazole rings is 1. The maximum atomic E-state index is 14.0. The minimum Gasteiger partial charge on any atom is -0.335 e. The summed E-state index contributed by atoms with van der Waals surface area (Å²) >= 11 is 0. The summed E-state index contributed by atoms with van der Waals surface area (Å²) < 4.78 is 28.0. The van der Waals surface area contributed by atoms with Crippen LogP contribution < -0.4 is 10.6 Å². The summed E-state index contributed by atoms with van der Waals surface area (Å²) in [5, 5.41) is 5.80. The molecule has 0 saturated heterocycles. The first-order valence-corrected chi connectivity index (χ1v) is 7.87. The number of fused-ring (bicyclic) bond motifs is 1. The first-order valence-electron chi connectivity index (χ1n) is 7.87. The highest BCUT2D eigenvalue weighted by molar-refractivity contribution is 5.79. The molecule has 0 atom stereocenters. The number of nitrogens with one attached hydrogen (secondary N) is 3. The third-order valence-corrected chi connectivity index (χ3v) is 3.70. The van der Waals surface area contributed by atoms with Gasteiger partial charge in [0.15, 0.2) is 22.9 Å². The van der Waals surface area contributed by atoms with Crippen LogP contribution in [0.4, 0.5) is 31.8 Å². The second-order valence-corrected chi connectivity index (χ2v) is 5.62. The van der Waals surface area contributed by atoms with Gasteiger partial charge in [-0.2, -0.15) is 0 Å². The molecule has 26 heavy (non-hydrogen) atoms. The first kappa shape index (κ1) is 15.9. The molecule has 4 aromatic rings. The maximum absolute atomic E-state index is 14.0. The normalized spacial score (nSPS) is 10.9. The third-order valence-electron chi connectivity index (χ3n) is 3.70. The molecule has 2 heterocycles. The zero-order valence-electron chi connectivity index (χ0n) is 13.7. The largest absolute Gasteiger partial charge is 0.335 e. The molecule has 0 fully saturated rings. The molecule has 6 nitrogen and oxygen atoms in total. The van der Waals surface area contributed by atoms with Gasteiger partial charge in [0, 0.05) is 0 Å². The van der Waals surface area contributed by atoms with Crippen LogP contribution in [-0.4, -0.2) is 19.9 Å². The van der Waals surface area contributed by atoms with Crippen LogP contribution in [0.1, 0.15) is 5.82 Å². The number of H-pyrrole nitrogens is 1. The lowest BCUT2D eigenvalue weighted by molar-refractivity contribution is 0.631. The van der Waals surface area contributed by atoms with Crippen LogP contribution in [0, 0.1) is 18.6 Å². The summed E-state index contributed by atoms with van der Waals surface area (Å²) in [5.74, 6) is 0.239. The van der Waals surface area contributed by atoms with Gasteiger partial charge in [-0.25, -0.2) is 23.7 Å². The summed E-state index contributed by atoms with van der Waals surface area (Å²) in [4.78, 5) is 16.0. The molecule has 0 radical (unpaired) electrons. The molecule has 0 unspecified atom stereocenters. The molecule has 0 aliphatic heterocycles. The van der Waals surface area contributed by atoms with E-state index in [1.165, 1.54) is 12.1 Å². The maximum Gasteiger partial charge on any atom is 0.199 e. The molecule has 0 amide bonds. The minimum absolute atomic E-state index is 0.227. The van der Waals surface area contributed by atoms with Crippen LogP contribution in [0.2, 0.25) is 0 Å². The minimum atomic E-state index is -0.440. The molecule has 3 N–H and O–H groups in total. The monoisotopic (exact) mass is 352 g/mol. The lowest BCUT2D eigenvalue weighted by Gasteiger charge is -2.13. The molecule has 2 aromatic carbocycles. The van der Waals surface area contributed by atoms with Gasteiger partial charge in [0.25, 0.3) is 0 Å². The highest BCUT2D eigenvalue weighted by Gasteiger charge is 2.15. The fourth-order valence-electron chi connectivity index (χ4n) is 2.50. The predicted octanol–water partition coefficient (Wildman–Crippen LogP) is 4.43. The van der Waals surface area contributed by atoms with E-state index in [1.54, 1.807) is 43.3 Å². The van der Waals surface area contributed by atoms with Crippen molar-refractivity contribution in [2.45, 2.75) is 6.92 Å². The Labute approximate surface area is 147 Å². The fraction of sp³-hybridized carbons (Fsp3) is 0.0556. The van der Waals surface area contributed by atoms with E-state index in [0.717, 1.165) is 0 Å². The zero-order valence-corrected chi connectivity index (χ0v) is 13.7. The molecule has 0 aliphatic carbocycles. The number of benzene rings is 2. The molecule has 0 spiro atoms. The molecule has 130 valence electrons. The molecule has 8 heteroatoms. The third kappa shape index (κ3) is 3.04. The second kappa shape index (κ2) is 6.40. The molecule has 0 bridgehead atoms. The van der Waals surface area contributed by atoms with E-state index in [0.29, 0.717) is 17.1 Å². The van der Waals surface area contributed by atoms with Crippen LogP contribution >= 0.6 is 0 Å². The number of rotatable bonds is 4. The van der Waals surface area contributed by atoms with E-state index in [-0.39, 0.29) is 23.0 Å². The number of hydrogen-bond acceptors (Lipinski definition) is 5. The van der Waals surface area contributed by atoms with Crippen molar-refractivity contribution in [2.75, 3.05) is 10.6 Å². The smallest absolute Gasteiger partial charge is 0.199 e. The Balaban J connectivity index is 1.81. The van der Waals surface area contributed by atoms with Crippen LogP contribution in [0.25, 0.3) is 11.3 Å². The van der Waals surface area contributed by atoms with Crippen molar-refractivity contribution in [3.63, 3.8) is 0 Å². The van der Waals surface area contributed by atoms with Gasteiger partial charge in [-0.1, -0.05) is 24.3 Å². The SMILES string of the molecule is Cc1nc2nc(Nc3ccccc3F)c(Nc3ccccc3F)nc2[nH]1. The van der Waals surface area contributed by atoms with Gasteiger partial charge in [0.1, 0.15) is 17.5 Å². The fourth-order valence-corrected chi connectivity index (χ4v) is 2.50. The Kier molecular flexibility index (Phi) is 3.92. The number of halogens is 2. The van der Waals surface area contributed by atoms with Crippen molar-refractivity contribution in [3.8, 4) is 0 Å². The Morgan fingerprint density at radius 2 is 1.31 bits per heavy atom. The van der Waals surface area contributed by atoms with Crippen molar-refractivity contribution in [1.82, 2.24) is 19.9 Å². The summed E-state index contributed by atoms with van der Waals surface area (Å²) in [7, 11) is 0. The topological polar surface area (TPSA) is 78.5 Å². The summed E-state index contributed by atoms with van der Waals surface area (Å²) in [6, 6.07) is 12.4. The average molecular weight is 352 g/mol. The van der Waals surface area contributed by atoms with E-state index in [9.17, 15) is 8.78 Å². The van der Waals surface area contributed by atoms with E-state index in [4.69, 9.17) is 0 Å². The number of hydrogen-bond donors (Lipinski definition) is 3. The van der Waals surface area contributed by atoms with Crippen molar-refractivity contribution < 1.29 is 8.78 Å². The quantitative estimate of drug-likeness (QED) is 0.506. The average Bonchev–Trinajstić information content (AvgIpc) is 2.98. The Morgan fingerprint density at radius 3 is 1.88 bits per heavy atom. The highest BCUT2D eigenvalue weighted by Crippen LogP contribution is 2.28. The summed E-state index contributed by atoms with van der Waals surface area (Å²) in [5.41, 5.74) is 1.28. The van der Waals surface area contributed by atoms with Gasteiger partial charge < -0.3 is 15.6 Å². The number of para-hydroxylation sites is 2. The van der Waals surface area contributed by atoms with Gasteiger partial charge >= 0.3 is 0 Å². The van der Waals surface area contributed by atoms with Gasteiger partial charge in [-0.3, -0.25) is 0 Å². The van der Waals surface area contributed by atoms with Gasteiger partial charge in [0.2, 0.25) is 0 Å². The van der Waals surface area contributed by atoms with Crippen molar-refractivity contribution in [3.05, 3.63) is 66.0 Å². The lowest BCUT2D eigenvalue weighted by Crippen LogP contribution is -2.05. The molecule has 4 rings (SSSR count). The van der Waals surface area contributed by atoms with Gasteiger partial charge in [-0.15, -0.1) is 0 Å². The highest BCUT2D eigenvalue weighted by atomic mass is 19.1. The molecule has 0 saturated carbocycles. The number of aromatic amines is 1. The Morgan fingerprint density at radius 1 is 0.769 bits per heavy atom. The van der Waals surface area contributed by atoms with Crippen molar-refractivity contribution in [1.29, 1.82) is 0 Å². The van der Waals surface area contributed by atoms with E-state index in [2.05, 4.69) is 30.6 Å². The Bertz CT molecular complexity index is 1010. The number of nitrogens with zero attached hydrogens (tertiary/aromatic N) is 3. The molecular formula is C18H14F2N6. The predicted molar refractivity (Wildman–Crippen MR) is 95.8 cm³/mol. The van der Waals surface area contributed by atoms with Crippen molar-refractivity contribution in [2.24, 2.45) is 0 Å². The van der Waals surface area contributed by atoms with Crippen molar-refractivity contribution >= 4 is 34.3 Å². The number of aromatic nitrogens is 4. The summed E-state index contributed by atoms with van der Waals surface area (Å²) in [6.45, 7) is 1.78. The zero-order chi connectivity index (χ0) is 18.1. The second-order valence-electron chi connectivity index (χ2n) is 5.62. The first-order chi connectivity index (χ1) is 12.6. The summed E-state index contributed by atoms with van der Waals surface area (Å²) in [6.07, 6.45) is 0. The number of anilines is 4. The molecule has 0 aliphatic rings. The molecular weight excluding hydrogens is 338 g/mol. The molecule has 2 aromatic heterocycles. The number of aryl methyl sites for hydroxylation is 1. The van der Waals surface area contributed by atoms with E-state index < -0.39 is 11.6 Å². The lowest BCUT2D eigenvalue weighted by atomic mass is 10.3.